The summed E-state index contributed by atoms with van der Waals surface area (Å²) in [5.74, 6) is -1.36. The summed E-state index contributed by atoms with van der Waals surface area (Å²) in [5.41, 5.74) is 1.05. The maximum atomic E-state index is 12.3. The predicted molar refractivity (Wildman–Crippen MR) is 77.7 cm³/mol. The molecule has 1 aliphatic rings. The lowest BCUT2D eigenvalue weighted by atomic mass is 9.76. The van der Waals surface area contributed by atoms with Crippen LogP contribution in [0.4, 0.5) is 0 Å². The number of benzene rings is 1. The van der Waals surface area contributed by atoms with E-state index >= 15 is 0 Å². The van der Waals surface area contributed by atoms with Gasteiger partial charge in [-0.25, -0.2) is 0 Å². The Labute approximate surface area is 124 Å². The van der Waals surface area contributed by atoms with E-state index in [-0.39, 0.29) is 11.9 Å². The third-order valence-electron chi connectivity index (χ3n) is 4.19. The lowest BCUT2D eigenvalue weighted by Gasteiger charge is -2.40. The summed E-state index contributed by atoms with van der Waals surface area (Å²) in [5, 5.41) is 0. The van der Waals surface area contributed by atoms with Gasteiger partial charge in [0.1, 0.15) is 6.04 Å². The number of carbonyl (C=O) groups excluding carboxylic acids is 2. The zero-order valence-electron chi connectivity index (χ0n) is 12.6. The first kappa shape index (κ1) is 15.5. The molecule has 1 heterocycles. The van der Waals surface area contributed by atoms with Gasteiger partial charge in [0, 0.05) is 5.92 Å². The van der Waals surface area contributed by atoms with Crippen LogP contribution in [0.1, 0.15) is 17.9 Å². The van der Waals surface area contributed by atoms with Crippen LogP contribution < -0.4 is 0 Å². The summed E-state index contributed by atoms with van der Waals surface area (Å²) < 4.78 is 9.82. The Balaban J connectivity index is 2.40. The van der Waals surface area contributed by atoms with Gasteiger partial charge in [-0.15, -0.1) is 0 Å². The molecule has 0 radical (unpaired) electrons. The van der Waals surface area contributed by atoms with Gasteiger partial charge in [0.15, 0.2) is 0 Å². The number of likely N-dealkylation sites (N-methyl/N-ethyl adjacent to an activating group) is 1. The molecule has 1 fully saturated rings. The number of carbonyl (C=O) groups is 2. The van der Waals surface area contributed by atoms with Gasteiger partial charge in [-0.05, 0) is 25.6 Å². The minimum Gasteiger partial charge on any atom is -0.469 e. The fourth-order valence-electron chi connectivity index (χ4n) is 3.11. The molecule has 0 aromatic heterocycles. The van der Waals surface area contributed by atoms with E-state index in [2.05, 4.69) is 0 Å². The third-order valence-corrected chi connectivity index (χ3v) is 4.19. The molecule has 3 unspecified atom stereocenters. The maximum Gasteiger partial charge on any atom is 0.323 e. The second kappa shape index (κ2) is 6.72. The van der Waals surface area contributed by atoms with Crippen molar-refractivity contribution in [3.63, 3.8) is 0 Å². The Morgan fingerprint density at radius 3 is 2.29 bits per heavy atom. The van der Waals surface area contributed by atoms with Crippen LogP contribution in [-0.4, -0.2) is 50.7 Å². The fourth-order valence-corrected chi connectivity index (χ4v) is 3.11. The molecule has 0 N–H and O–H groups in total. The molecule has 0 aliphatic carbocycles. The summed E-state index contributed by atoms with van der Waals surface area (Å²) in [7, 11) is 4.53. The number of nitrogens with zero attached hydrogens (tertiary/aromatic N) is 1. The Bertz CT molecular complexity index is 502. The van der Waals surface area contributed by atoms with Crippen molar-refractivity contribution in [1.82, 2.24) is 4.90 Å². The van der Waals surface area contributed by atoms with E-state index in [0.717, 1.165) is 18.5 Å². The lowest BCUT2D eigenvalue weighted by Crippen LogP contribution is -2.54. The molecule has 0 saturated carbocycles. The molecule has 0 spiro atoms. The van der Waals surface area contributed by atoms with Crippen LogP contribution >= 0.6 is 0 Å². The fraction of sp³-hybridized carbons (Fsp3) is 0.500. The molecule has 21 heavy (non-hydrogen) atoms. The highest BCUT2D eigenvalue weighted by molar-refractivity contribution is 5.85. The van der Waals surface area contributed by atoms with E-state index in [1.54, 1.807) is 0 Å². The molecule has 1 aliphatic heterocycles. The van der Waals surface area contributed by atoms with Crippen molar-refractivity contribution in [2.45, 2.75) is 18.4 Å². The van der Waals surface area contributed by atoms with E-state index in [9.17, 15) is 9.59 Å². The van der Waals surface area contributed by atoms with Gasteiger partial charge < -0.3 is 9.47 Å². The van der Waals surface area contributed by atoms with E-state index < -0.39 is 17.9 Å². The highest BCUT2D eigenvalue weighted by atomic mass is 16.5. The number of methoxy groups -OCH3 is 2. The van der Waals surface area contributed by atoms with E-state index in [1.165, 1.54) is 14.2 Å². The van der Waals surface area contributed by atoms with Crippen LogP contribution in [-0.2, 0) is 19.1 Å². The maximum absolute atomic E-state index is 12.3. The van der Waals surface area contributed by atoms with Crippen LogP contribution in [0.3, 0.4) is 0 Å². The standard InChI is InChI=1S/C16H21NO4/c1-17-10-9-12(11-7-5-4-6-8-11)13(15(18)20-2)14(17)16(19)21-3/h4-8,12-14H,9-10H2,1-3H3. The normalized spacial score (nSPS) is 26.1. The van der Waals surface area contributed by atoms with E-state index in [1.807, 2.05) is 42.3 Å². The van der Waals surface area contributed by atoms with Crippen LogP contribution in [0.2, 0.25) is 0 Å². The average molecular weight is 291 g/mol. The van der Waals surface area contributed by atoms with Crippen molar-refractivity contribution >= 4 is 11.9 Å². The zero-order chi connectivity index (χ0) is 15.4. The second-order valence-corrected chi connectivity index (χ2v) is 5.30. The number of esters is 2. The number of ether oxygens (including phenoxy) is 2. The number of rotatable bonds is 3. The predicted octanol–water partition coefficient (Wildman–Crippen LogP) is 1.44. The molecule has 3 atom stereocenters. The van der Waals surface area contributed by atoms with E-state index in [4.69, 9.17) is 9.47 Å². The SMILES string of the molecule is COC(=O)C1C(c2ccccc2)CCN(C)C1C(=O)OC. The molecule has 2 rings (SSSR count). The topological polar surface area (TPSA) is 55.8 Å². The third kappa shape index (κ3) is 3.08. The molecular formula is C16H21NO4. The first-order valence-electron chi connectivity index (χ1n) is 7.01. The summed E-state index contributed by atoms with van der Waals surface area (Å²) in [6.45, 7) is 0.729. The summed E-state index contributed by atoms with van der Waals surface area (Å²) >= 11 is 0. The number of hydrogen-bond acceptors (Lipinski definition) is 5. The number of hydrogen-bond donors (Lipinski definition) is 0. The molecule has 0 bridgehead atoms. The second-order valence-electron chi connectivity index (χ2n) is 5.30. The monoisotopic (exact) mass is 291 g/mol. The molecule has 5 heteroatoms. The van der Waals surface area contributed by atoms with Crippen molar-refractivity contribution in [3.8, 4) is 0 Å². The number of piperidine rings is 1. The minimum absolute atomic E-state index is 0.0426. The Kier molecular flexibility index (Phi) is 4.96. The lowest BCUT2D eigenvalue weighted by molar-refractivity contribution is -0.162. The molecular weight excluding hydrogens is 270 g/mol. The highest BCUT2D eigenvalue weighted by Gasteiger charge is 2.46. The largest absolute Gasteiger partial charge is 0.469 e. The van der Waals surface area contributed by atoms with Gasteiger partial charge in [0.2, 0.25) is 0 Å². The molecule has 5 nitrogen and oxygen atoms in total. The summed E-state index contributed by atoms with van der Waals surface area (Å²) in [4.78, 5) is 26.3. The van der Waals surface area contributed by atoms with E-state index in [0.29, 0.717) is 0 Å². The summed E-state index contributed by atoms with van der Waals surface area (Å²) in [6.07, 6.45) is 0.799. The van der Waals surface area contributed by atoms with Gasteiger partial charge >= 0.3 is 11.9 Å². The smallest absolute Gasteiger partial charge is 0.323 e. The first-order valence-corrected chi connectivity index (χ1v) is 7.01. The van der Waals surface area contributed by atoms with Crippen molar-refractivity contribution in [3.05, 3.63) is 35.9 Å². The van der Waals surface area contributed by atoms with Gasteiger partial charge in [0.25, 0.3) is 0 Å². The van der Waals surface area contributed by atoms with Crippen LogP contribution in [0, 0.1) is 5.92 Å². The molecule has 114 valence electrons. The Morgan fingerprint density at radius 1 is 1.10 bits per heavy atom. The van der Waals surface area contributed by atoms with Gasteiger partial charge in [-0.1, -0.05) is 30.3 Å². The zero-order valence-corrected chi connectivity index (χ0v) is 12.6. The Morgan fingerprint density at radius 2 is 1.71 bits per heavy atom. The van der Waals surface area contributed by atoms with Crippen molar-refractivity contribution < 1.29 is 19.1 Å². The van der Waals surface area contributed by atoms with Crippen LogP contribution in [0.25, 0.3) is 0 Å². The highest BCUT2D eigenvalue weighted by Crippen LogP contribution is 2.37. The van der Waals surface area contributed by atoms with Crippen molar-refractivity contribution in [2.75, 3.05) is 27.8 Å². The van der Waals surface area contributed by atoms with Crippen LogP contribution in [0.5, 0.6) is 0 Å². The first-order chi connectivity index (χ1) is 10.1. The Hall–Kier alpha value is -1.88. The quantitative estimate of drug-likeness (QED) is 0.789. The van der Waals surface area contributed by atoms with Crippen molar-refractivity contribution in [1.29, 1.82) is 0 Å². The molecule has 1 aromatic rings. The molecule has 1 aromatic carbocycles. The van der Waals surface area contributed by atoms with Crippen molar-refractivity contribution in [2.24, 2.45) is 5.92 Å². The molecule has 0 amide bonds. The van der Waals surface area contributed by atoms with Crippen LogP contribution in [0.15, 0.2) is 30.3 Å². The van der Waals surface area contributed by atoms with Gasteiger partial charge in [-0.3, -0.25) is 14.5 Å². The van der Waals surface area contributed by atoms with Gasteiger partial charge in [0.05, 0.1) is 20.1 Å². The summed E-state index contributed by atoms with van der Waals surface area (Å²) in [6, 6.07) is 9.18. The average Bonchev–Trinajstić information content (AvgIpc) is 2.53. The van der Waals surface area contributed by atoms with Gasteiger partial charge in [-0.2, -0.15) is 0 Å². The minimum atomic E-state index is -0.610. The molecule has 1 saturated heterocycles. The number of likely N-dealkylation sites (tertiary alicyclic amines) is 1.